The van der Waals surface area contributed by atoms with Crippen LogP contribution < -0.4 is 0 Å². The molecule has 23 heavy (non-hydrogen) atoms. The number of hydrogen-bond acceptors (Lipinski definition) is 2. The largest absolute Gasteiger partial charge is 0.481 e. The fourth-order valence-corrected chi connectivity index (χ4v) is 3.22. The highest BCUT2D eigenvalue weighted by atomic mass is 16.4. The Bertz CT molecular complexity index is 497. The molecule has 0 fully saturated rings. The summed E-state index contributed by atoms with van der Waals surface area (Å²) in [6.45, 7) is 4.16. The van der Waals surface area contributed by atoms with E-state index in [0.29, 0.717) is 6.42 Å². The normalized spacial score (nSPS) is 14.9. The molecule has 0 saturated carbocycles. The zero-order valence-corrected chi connectivity index (χ0v) is 14.1. The molecule has 0 aliphatic rings. The molecule has 0 saturated heterocycles. The summed E-state index contributed by atoms with van der Waals surface area (Å²) >= 11 is 0. The molecule has 0 amide bonds. The minimum atomic E-state index is -1.23. The van der Waals surface area contributed by atoms with Crippen molar-refractivity contribution in [1.82, 2.24) is 0 Å². The van der Waals surface area contributed by atoms with Crippen molar-refractivity contribution in [2.24, 2.45) is 11.3 Å². The maximum atomic E-state index is 12.0. The van der Waals surface area contributed by atoms with Gasteiger partial charge in [0.2, 0.25) is 0 Å². The summed E-state index contributed by atoms with van der Waals surface area (Å²) in [6, 6.07) is 9.33. The Balaban J connectivity index is 3.06. The molecule has 1 aromatic rings. The number of carboxylic acids is 2. The number of carboxylic acid groups (broad SMARTS) is 2. The van der Waals surface area contributed by atoms with Gasteiger partial charge in [-0.15, -0.1) is 0 Å². The lowest BCUT2D eigenvalue weighted by Crippen LogP contribution is -2.38. The van der Waals surface area contributed by atoms with Crippen molar-refractivity contribution in [2.45, 2.75) is 58.8 Å². The molecule has 4 heteroatoms. The van der Waals surface area contributed by atoms with Gasteiger partial charge >= 0.3 is 11.9 Å². The van der Waals surface area contributed by atoms with Crippen LogP contribution in [0.4, 0.5) is 0 Å². The summed E-state index contributed by atoms with van der Waals surface area (Å²) in [5.41, 5.74) is -0.358. The summed E-state index contributed by atoms with van der Waals surface area (Å²) in [4.78, 5) is 23.4. The fourth-order valence-electron chi connectivity index (χ4n) is 3.22. The zero-order chi connectivity index (χ0) is 17.3. The molecule has 4 nitrogen and oxygen atoms in total. The van der Waals surface area contributed by atoms with Gasteiger partial charge in [-0.3, -0.25) is 9.59 Å². The number of rotatable bonds is 11. The fraction of sp³-hybridized carbons (Fsp3) is 0.579. The van der Waals surface area contributed by atoms with Crippen LogP contribution in [0, 0.1) is 11.3 Å². The third-order valence-corrected chi connectivity index (χ3v) is 4.55. The van der Waals surface area contributed by atoms with E-state index in [0.717, 1.165) is 31.2 Å². The number of hydrogen-bond donors (Lipinski definition) is 2. The van der Waals surface area contributed by atoms with Crippen LogP contribution in [0.2, 0.25) is 0 Å². The van der Waals surface area contributed by atoms with E-state index in [9.17, 15) is 19.8 Å². The van der Waals surface area contributed by atoms with Crippen molar-refractivity contribution >= 4 is 11.9 Å². The highest BCUT2D eigenvalue weighted by molar-refractivity contribution is 5.81. The molecule has 2 N–H and O–H groups in total. The van der Waals surface area contributed by atoms with E-state index in [1.807, 2.05) is 30.3 Å². The Morgan fingerprint density at radius 2 is 1.78 bits per heavy atom. The SMILES string of the molecule is CCCCC(CC)CC(CC(=O)O)(Cc1ccccc1)C(=O)O. The van der Waals surface area contributed by atoms with Gasteiger partial charge in [0, 0.05) is 0 Å². The molecule has 0 heterocycles. The van der Waals surface area contributed by atoms with Crippen LogP contribution in [0.3, 0.4) is 0 Å². The second kappa shape index (κ2) is 9.33. The lowest BCUT2D eigenvalue weighted by Gasteiger charge is -2.32. The first-order valence-corrected chi connectivity index (χ1v) is 8.42. The third-order valence-electron chi connectivity index (χ3n) is 4.55. The molecule has 2 atom stereocenters. The molecule has 0 aliphatic heterocycles. The minimum Gasteiger partial charge on any atom is -0.481 e. The van der Waals surface area contributed by atoms with Crippen molar-refractivity contribution in [3.05, 3.63) is 35.9 Å². The van der Waals surface area contributed by atoms with Gasteiger partial charge in [-0.1, -0.05) is 69.9 Å². The minimum absolute atomic E-state index is 0.245. The molecule has 0 aliphatic carbocycles. The molecular formula is C19H28O4. The Hall–Kier alpha value is -1.84. The topological polar surface area (TPSA) is 74.6 Å². The highest BCUT2D eigenvalue weighted by Gasteiger charge is 2.42. The van der Waals surface area contributed by atoms with Crippen LogP contribution in [0.5, 0.6) is 0 Å². The standard InChI is InChI=1S/C19H28O4/c1-3-5-9-15(4-2)12-19(18(22)23,14-17(20)21)13-16-10-7-6-8-11-16/h6-8,10-11,15H,3-5,9,12-14H2,1-2H3,(H,20,21)(H,22,23). The Labute approximate surface area is 138 Å². The van der Waals surface area contributed by atoms with E-state index in [1.165, 1.54) is 0 Å². The van der Waals surface area contributed by atoms with Crippen LogP contribution in [0.15, 0.2) is 30.3 Å². The Morgan fingerprint density at radius 1 is 1.13 bits per heavy atom. The molecular weight excluding hydrogens is 292 g/mol. The molecule has 1 rings (SSSR count). The molecule has 128 valence electrons. The van der Waals surface area contributed by atoms with Gasteiger partial charge < -0.3 is 10.2 Å². The molecule has 0 bridgehead atoms. The predicted molar refractivity (Wildman–Crippen MR) is 90.4 cm³/mol. The van der Waals surface area contributed by atoms with Gasteiger partial charge in [0.15, 0.2) is 0 Å². The number of aliphatic carboxylic acids is 2. The number of benzene rings is 1. The summed E-state index contributed by atoms with van der Waals surface area (Å²) in [7, 11) is 0. The summed E-state index contributed by atoms with van der Waals surface area (Å²) in [5.74, 6) is -1.80. The smallest absolute Gasteiger partial charge is 0.310 e. The molecule has 0 radical (unpaired) electrons. The van der Waals surface area contributed by atoms with Gasteiger partial charge in [-0.2, -0.15) is 0 Å². The van der Waals surface area contributed by atoms with Crippen LogP contribution in [0.1, 0.15) is 57.9 Å². The lowest BCUT2D eigenvalue weighted by molar-refractivity contribution is -0.157. The van der Waals surface area contributed by atoms with Gasteiger partial charge in [-0.05, 0) is 24.3 Å². The number of carbonyl (C=O) groups is 2. The quantitative estimate of drug-likeness (QED) is 0.634. The predicted octanol–water partition coefficient (Wildman–Crippen LogP) is 4.38. The van der Waals surface area contributed by atoms with Crippen LogP contribution in [0.25, 0.3) is 0 Å². The van der Waals surface area contributed by atoms with Gasteiger partial charge in [-0.25, -0.2) is 0 Å². The third kappa shape index (κ3) is 6.05. The van der Waals surface area contributed by atoms with E-state index in [-0.39, 0.29) is 18.8 Å². The first-order chi connectivity index (χ1) is 10.9. The van der Waals surface area contributed by atoms with E-state index in [1.54, 1.807) is 0 Å². The Morgan fingerprint density at radius 3 is 2.26 bits per heavy atom. The zero-order valence-electron chi connectivity index (χ0n) is 14.1. The summed E-state index contributed by atoms with van der Waals surface area (Å²) < 4.78 is 0. The summed E-state index contributed by atoms with van der Waals surface area (Å²) in [5, 5.41) is 19.1. The highest BCUT2D eigenvalue weighted by Crippen LogP contribution is 2.37. The van der Waals surface area contributed by atoms with Crippen LogP contribution in [-0.2, 0) is 16.0 Å². The van der Waals surface area contributed by atoms with E-state index < -0.39 is 17.4 Å². The Kier molecular flexibility index (Phi) is 7.79. The van der Waals surface area contributed by atoms with Crippen molar-refractivity contribution in [1.29, 1.82) is 0 Å². The lowest BCUT2D eigenvalue weighted by atomic mass is 9.71. The van der Waals surface area contributed by atoms with E-state index in [2.05, 4.69) is 13.8 Å². The molecule has 2 unspecified atom stereocenters. The van der Waals surface area contributed by atoms with Gasteiger partial charge in [0.1, 0.15) is 0 Å². The first-order valence-electron chi connectivity index (χ1n) is 8.42. The molecule has 0 spiro atoms. The first kappa shape index (κ1) is 19.2. The second-order valence-corrected chi connectivity index (χ2v) is 6.44. The second-order valence-electron chi connectivity index (χ2n) is 6.44. The van der Waals surface area contributed by atoms with Crippen LogP contribution in [-0.4, -0.2) is 22.2 Å². The van der Waals surface area contributed by atoms with Gasteiger partial charge in [0.25, 0.3) is 0 Å². The maximum Gasteiger partial charge on any atom is 0.310 e. The average molecular weight is 320 g/mol. The van der Waals surface area contributed by atoms with E-state index >= 15 is 0 Å². The summed E-state index contributed by atoms with van der Waals surface area (Å²) in [6.07, 6.45) is 4.29. The monoisotopic (exact) mass is 320 g/mol. The molecule has 1 aromatic carbocycles. The molecule has 0 aromatic heterocycles. The number of unbranched alkanes of at least 4 members (excludes halogenated alkanes) is 1. The van der Waals surface area contributed by atoms with Crippen molar-refractivity contribution in [3.63, 3.8) is 0 Å². The van der Waals surface area contributed by atoms with Crippen molar-refractivity contribution in [2.75, 3.05) is 0 Å². The van der Waals surface area contributed by atoms with Gasteiger partial charge in [0.05, 0.1) is 11.8 Å². The van der Waals surface area contributed by atoms with Crippen LogP contribution >= 0.6 is 0 Å². The maximum absolute atomic E-state index is 12.0. The average Bonchev–Trinajstić information content (AvgIpc) is 2.51. The van der Waals surface area contributed by atoms with Crippen molar-refractivity contribution in [3.8, 4) is 0 Å². The van der Waals surface area contributed by atoms with Crippen molar-refractivity contribution < 1.29 is 19.8 Å². The van der Waals surface area contributed by atoms with E-state index in [4.69, 9.17) is 0 Å².